The number of carbonyl (C=O) groups excluding carboxylic acids is 1. The molecule has 2 aromatic heterocycles. The molecule has 0 saturated carbocycles. The van der Waals surface area contributed by atoms with Gasteiger partial charge in [-0.2, -0.15) is 0 Å². The van der Waals surface area contributed by atoms with Crippen LogP contribution < -0.4 is 15.6 Å². The van der Waals surface area contributed by atoms with E-state index in [0.717, 1.165) is 4.88 Å². The summed E-state index contributed by atoms with van der Waals surface area (Å²) in [6, 6.07) is 18.4. The molecule has 0 spiro atoms. The molecule has 0 bridgehead atoms. The standard InChI is InChI=1S/C23H22N4O4S2/c1-16-21(23(29)27(26(16)2)18-7-4-3-5-8-18)25-33(30,31)20-12-10-17(11-13-20)22(28)24-15-19-9-6-14-32-19/h3-14,25H,15H2,1-2H3,(H,24,28). The fraction of sp³-hybridized carbons (Fsp3) is 0.130. The Balaban J connectivity index is 1.55. The lowest BCUT2D eigenvalue weighted by molar-refractivity contribution is 0.0951. The van der Waals surface area contributed by atoms with E-state index in [0.29, 0.717) is 23.5 Å². The Labute approximate surface area is 195 Å². The summed E-state index contributed by atoms with van der Waals surface area (Å²) in [7, 11) is -2.36. The number of anilines is 1. The van der Waals surface area contributed by atoms with Gasteiger partial charge in [0.15, 0.2) is 0 Å². The zero-order chi connectivity index (χ0) is 23.6. The summed E-state index contributed by atoms with van der Waals surface area (Å²) in [6.45, 7) is 2.07. The second kappa shape index (κ2) is 9.08. The van der Waals surface area contributed by atoms with Crippen LogP contribution in [0.3, 0.4) is 0 Å². The lowest BCUT2D eigenvalue weighted by Gasteiger charge is -2.08. The Kier molecular flexibility index (Phi) is 6.21. The molecule has 2 aromatic carbocycles. The predicted octanol–water partition coefficient (Wildman–Crippen LogP) is 3.28. The highest BCUT2D eigenvalue weighted by Gasteiger charge is 2.22. The summed E-state index contributed by atoms with van der Waals surface area (Å²) in [5.41, 5.74) is 0.926. The van der Waals surface area contributed by atoms with Gasteiger partial charge in [-0.1, -0.05) is 24.3 Å². The van der Waals surface area contributed by atoms with Gasteiger partial charge in [0.1, 0.15) is 5.69 Å². The second-order valence-corrected chi connectivity index (χ2v) is 10.0. The molecule has 0 radical (unpaired) electrons. The van der Waals surface area contributed by atoms with E-state index in [1.54, 1.807) is 42.9 Å². The van der Waals surface area contributed by atoms with Gasteiger partial charge in [0.05, 0.1) is 22.8 Å². The zero-order valence-electron chi connectivity index (χ0n) is 18.0. The first kappa shape index (κ1) is 22.6. The van der Waals surface area contributed by atoms with Crippen LogP contribution in [-0.4, -0.2) is 23.7 Å². The molecular weight excluding hydrogens is 460 g/mol. The summed E-state index contributed by atoms with van der Waals surface area (Å²) in [6.07, 6.45) is 0. The molecule has 2 N–H and O–H groups in total. The minimum absolute atomic E-state index is 0.0286. The van der Waals surface area contributed by atoms with Crippen LogP contribution >= 0.6 is 11.3 Å². The van der Waals surface area contributed by atoms with Crippen molar-refractivity contribution in [1.29, 1.82) is 0 Å². The zero-order valence-corrected chi connectivity index (χ0v) is 19.6. The van der Waals surface area contributed by atoms with E-state index in [4.69, 9.17) is 0 Å². The molecule has 0 unspecified atom stereocenters. The molecule has 0 saturated heterocycles. The summed E-state index contributed by atoms with van der Waals surface area (Å²) in [5, 5.41) is 4.73. The molecular formula is C23H22N4O4S2. The van der Waals surface area contributed by atoms with Crippen molar-refractivity contribution in [3.05, 3.63) is 98.6 Å². The molecule has 0 fully saturated rings. The van der Waals surface area contributed by atoms with Crippen LogP contribution in [0.1, 0.15) is 20.9 Å². The Morgan fingerprint density at radius 2 is 1.70 bits per heavy atom. The number of thiophene rings is 1. The number of amides is 1. The smallest absolute Gasteiger partial charge is 0.296 e. The average molecular weight is 483 g/mol. The molecule has 4 rings (SSSR count). The van der Waals surface area contributed by atoms with Crippen molar-refractivity contribution in [2.45, 2.75) is 18.4 Å². The van der Waals surface area contributed by atoms with E-state index in [2.05, 4.69) is 10.0 Å². The van der Waals surface area contributed by atoms with Crippen molar-refractivity contribution in [3.8, 4) is 5.69 Å². The monoisotopic (exact) mass is 482 g/mol. The van der Waals surface area contributed by atoms with Crippen LogP contribution in [0.2, 0.25) is 0 Å². The number of rotatable bonds is 7. The normalized spacial score (nSPS) is 11.3. The van der Waals surface area contributed by atoms with Gasteiger partial charge < -0.3 is 5.32 Å². The Bertz CT molecular complexity index is 1440. The maximum atomic E-state index is 13.0. The van der Waals surface area contributed by atoms with E-state index >= 15 is 0 Å². The third-order valence-corrected chi connectivity index (χ3v) is 7.46. The first-order valence-electron chi connectivity index (χ1n) is 10.1. The van der Waals surface area contributed by atoms with Crippen LogP contribution in [-0.2, 0) is 23.6 Å². The number of hydrogen-bond acceptors (Lipinski definition) is 5. The van der Waals surface area contributed by atoms with Gasteiger partial charge in [0, 0.05) is 17.5 Å². The van der Waals surface area contributed by atoms with Gasteiger partial charge in [-0.25, -0.2) is 13.1 Å². The molecule has 10 heteroatoms. The number of sulfonamides is 1. The molecule has 8 nitrogen and oxygen atoms in total. The number of para-hydroxylation sites is 1. The molecule has 0 aliphatic carbocycles. The van der Waals surface area contributed by atoms with Gasteiger partial charge in [0.2, 0.25) is 0 Å². The Morgan fingerprint density at radius 3 is 2.33 bits per heavy atom. The fourth-order valence-electron chi connectivity index (χ4n) is 3.35. The van der Waals surface area contributed by atoms with Gasteiger partial charge in [0.25, 0.3) is 21.5 Å². The first-order chi connectivity index (χ1) is 15.8. The predicted molar refractivity (Wildman–Crippen MR) is 128 cm³/mol. The lowest BCUT2D eigenvalue weighted by atomic mass is 10.2. The van der Waals surface area contributed by atoms with Crippen molar-refractivity contribution >= 4 is 33.0 Å². The van der Waals surface area contributed by atoms with Crippen molar-refractivity contribution in [2.75, 3.05) is 4.72 Å². The van der Waals surface area contributed by atoms with Crippen LogP contribution in [0, 0.1) is 6.92 Å². The molecule has 2 heterocycles. The third-order valence-electron chi connectivity index (χ3n) is 5.22. The van der Waals surface area contributed by atoms with E-state index in [9.17, 15) is 18.0 Å². The van der Waals surface area contributed by atoms with E-state index < -0.39 is 15.6 Å². The van der Waals surface area contributed by atoms with Gasteiger partial charge >= 0.3 is 0 Å². The van der Waals surface area contributed by atoms with E-state index in [-0.39, 0.29) is 16.5 Å². The largest absolute Gasteiger partial charge is 0.347 e. The van der Waals surface area contributed by atoms with E-state index in [1.165, 1.54) is 40.3 Å². The summed E-state index contributed by atoms with van der Waals surface area (Å²) in [5.74, 6) is -0.301. The van der Waals surface area contributed by atoms with Gasteiger partial charge in [-0.3, -0.25) is 19.0 Å². The quantitative estimate of drug-likeness (QED) is 0.422. The third kappa shape index (κ3) is 4.62. The van der Waals surface area contributed by atoms with Crippen LogP contribution in [0.15, 0.2) is 81.8 Å². The highest BCUT2D eigenvalue weighted by molar-refractivity contribution is 7.92. The molecule has 0 aliphatic heterocycles. The minimum atomic E-state index is -4.04. The van der Waals surface area contributed by atoms with Crippen LogP contribution in [0.25, 0.3) is 5.69 Å². The van der Waals surface area contributed by atoms with Crippen LogP contribution in [0.4, 0.5) is 5.69 Å². The number of nitrogens with one attached hydrogen (secondary N) is 2. The molecule has 4 aromatic rings. The Hall–Kier alpha value is -3.63. The summed E-state index contributed by atoms with van der Waals surface area (Å²) in [4.78, 5) is 26.3. The summed E-state index contributed by atoms with van der Waals surface area (Å²) >= 11 is 1.54. The SMILES string of the molecule is Cc1c(NS(=O)(=O)c2ccc(C(=O)NCc3cccs3)cc2)c(=O)n(-c2ccccc2)n1C. The van der Waals surface area contributed by atoms with Crippen LogP contribution in [0.5, 0.6) is 0 Å². The Morgan fingerprint density at radius 1 is 1.00 bits per heavy atom. The van der Waals surface area contributed by atoms with E-state index in [1.807, 2.05) is 23.6 Å². The number of nitrogens with zero attached hydrogens (tertiary/aromatic N) is 2. The first-order valence-corrected chi connectivity index (χ1v) is 12.4. The number of benzene rings is 2. The molecule has 1 amide bonds. The lowest BCUT2D eigenvalue weighted by Crippen LogP contribution is -2.23. The van der Waals surface area contributed by atoms with Crippen molar-refractivity contribution in [2.24, 2.45) is 7.05 Å². The van der Waals surface area contributed by atoms with Gasteiger partial charge in [-0.15, -0.1) is 11.3 Å². The maximum Gasteiger partial charge on any atom is 0.296 e. The highest BCUT2D eigenvalue weighted by atomic mass is 32.2. The molecule has 0 atom stereocenters. The van der Waals surface area contributed by atoms with Crippen molar-refractivity contribution < 1.29 is 13.2 Å². The minimum Gasteiger partial charge on any atom is -0.347 e. The van der Waals surface area contributed by atoms with Crippen molar-refractivity contribution in [1.82, 2.24) is 14.7 Å². The highest BCUT2D eigenvalue weighted by Crippen LogP contribution is 2.19. The molecule has 0 aliphatic rings. The number of carbonyl (C=O) groups is 1. The molecule has 33 heavy (non-hydrogen) atoms. The number of hydrogen-bond donors (Lipinski definition) is 2. The topological polar surface area (TPSA) is 102 Å². The fourth-order valence-corrected chi connectivity index (χ4v) is 5.11. The maximum absolute atomic E-state index is 13.0. The average Bonchev–Trinajstić information content (AvgIpc) is 3.41. The van der Waals surface area contributed by atoms with Crippen molar-refractivity contribution in [3.63, 3.8) is 0 Å². The van der Waals surface area contributed by atoms with Gasteiger partial charge in [-0.05, 0) is 54.8 Å². The second-order valence-electron chi connectivity index (χ2n) is 7.33. The molecule has 170 valence electrons. The summed E-state index contributed by atoms with van der Waals surface area (Å²) < 4.78 is 31.3. The number of aromatic nitrogens is 2.